The summed E-state index contributed by atoms with van der Waals surface area (Å²) in [5, 5.41) is 9.74. The maximum atomic E-state index is 14.1. The number of hydrogen-bond donors (Lipinski definition) is 4. The Balaban J connectivity index is 1.40. The molecule has 230 valence electrons. The summed E-state index contributed by atoms with van der Waals surface area (Å²) in [6.07, 6.45) is 3.63. The van der Waals surface area contributed by atoms with Crippen molar-refractivity contribution in [2.24, 2.45) is 0 Å². The van der Waals surface area contributed by atoms with E-state index in [1.165, 1.54) is 5.56 Å². The number of carbonyl (C=O) groups is 3. The van der Waals surface area contributed by atoms with Crippen molar-refractivity contribution in [2.45, 2.75) is 44.2 Å². The van der Waals surface area contributed by atoms with E-state index in [4.69, 9.17) is 0 Å². The molecule has 1 fully saturated rings. The first-order chi connectivity index (χ1) is 21.2. The SMILES string of the molecule is CNC(=O)c1ccc(CN(C)C)cc1NC(=O)C(NC(=O)N1CCC(c2ccccc2)CC1)C(C)c1c[nH]c2ccccc12. The number of nitrogens with zero attached hydrogens (tertiary/aromatic N) is 2. The zero-order chi connectivity index (χ0) is 31.2. The first kappa shape index (κ1) is 30.8. The average molecular weight is 595 g/mol. The molecule has 4 N–H and O–H groups in total. The number of rotatable bonds is 9. The van der Waals surface area contributed by atoms with E-state index < -0.39 is 6.04 Å². The lowest BCUT2D eigenvalue weighted by molar-refractivity contribution is -0.118. The number of piperidine rings is 1. The van der Waals surface area contributed by atoms with E-state index in [2.05, 4.69) is 45.2 Å². The van der Waals surface area contributed by atoms with Crippen LogP contribution >= 0.6 is 0 Å². The van der Waals surface area contributed by atoms with Gasteiger partial charge >= 0.3 is 6.03 Å². The van der Waals surface area contributed by atoms with Crippen LogP contribution in [0.5, 0.6) is 0 Å². The van der Waals surface area contributed by atoms with Gasteiger partial charge in [0.1, 0.15) is 6.04 Å². The van der Waals surface area contributed by atoms with Crippen LogP contribution in [0.25, 0.3) is 10.9 Å². The van der Waals surface area contributed by atoms with Gasteiger partial charge in [0.25, 0.3) is 5.91 Å². The van der Waals surface area contributed by atoms with E-state index in [0.29, 0.717) is 36.8 Å². The summed E-state index contributed by atoms with van der Waals surface area (Å²) in [5.41, 5.74) is 4.89. The number of carbonyl (C=O) groups excluding carboxylic acids is 3. The number of likely N-dealkylation sites (tertiary alicyclic amines) is 1. The monoisotopic (exact) mass is 594 g/mol. The van der Waals surface area contributed by atoms with E-state index in [1.807, 2.05) is 74.6 Å². The van der Waals surface area contributed by atoms with Gasteiger partial charge in [-0.05, 0) is 67.7 Å². The van der Waals surface area contributed by atoms with E-state index in [0.717, 1.165) is 34.9 Å². The molecule has 3 aromatic carbocycles. The fourth-order valence-electron chi connectivity index (χ4n) is 6.13. The first-order valence-electron chi connectivity index (χ1n) is 15.2. The van der Waals surface area contributed by atoms with Gasteiger partial charge in [-0.15, -0.1) is 0 Å². The molecule has 1 aliphatic rings. The third-order valence-corrected chi connectivity index (χ3v) is 8.54. The van der Waals surface area contributed by atoms with E-state index in [-0.39, 0.29) is 23.8 Å². The number of anilines is 1. The fraction of sp³-hybridized carbons (Fsp3) is 0.343. The van der Waals surface area contributed by atoms with Crippen molar-refractivity contribution in [1.29, 1.82) is 0 Å². The van der Waals surface area contributed by atoms with Gasteiger partial charge in [0, 0.05) is 49.7 Å². The minimum atomic E-state index is -0.899. The molecule has 9 nitrogen and oxygen atoms in total. The maximum absolute atomic E-state index is 14.1. The van der Waals surface area contributed by atoms with Crippen molar-refractivity contribution in [3.8, 4) is 0 Å². The van der Waals surface area contributed by atoms with Gasteiger partial charge in [0.05, 0.1) is 11.3 Å². The lowest BCUT2D eigenvalue weighted by atomic mass is 9.89. The third kappa shape index (κ3) is 6.94. The fourth-order valence-corrected chi connectivity index (χ4v) is 6.13. The quantitative estimate of drug-likeness (QED) is 0.211. The first-order valence-corrected chi connectivity index (χ1v) is 15.2. The zero-order valence-corrected chi connectivity index (χ0v) is 25.9. The highest BCUT2D eigenvalue weighted by molar-refractivity contribution is 6.06. The van der Waals surface area contributed by atoms with Crippen LogP contribution < -0.4 is 16.0 Å². The molecule has 0 aliphatic carbocycles. The number of aromatic amines is 1. The number of fused-ring (bicyclic) bond motifs is 1. The smallest absolute Gasteiger partial charge is 0.318 e. The molecule has 2 unspecified atom stereocenters. The summed E-state index contributed by atoms with van der Waals surface area (Å²) in [5.74, 6) is -0.654. The Morgan fingerprint density at radius 1 is 0.977 bits per heavy atom. The number of para-hydroxylation sites is 1. The Morgan fingerprint density at radius 2 is 1.68 bits per heavy atom. The molecule has 0 radical (unpaired) electrons. The lowest BCUT2D eigenvalue weighted by Gasteiger charge is -2.34. The number of H-pyrrole nitrogens is 1. The predicted molar refractivity (Wildman–Crippen MR) is 175 cm³/mol. The van der Waals surface area contributed by atoms with Crippen LogP contribution in [0.1, 0.15) is 58.6 Å². The van der Waals surface area contributed by atoms with Crippen molar-refractivity contribution >= 4 is 34.4 Å². The summed E-state index contributed by atoms with van der Waals surface area (Å²) in [4.78, 5) is 47.7. The molecule has 4 amide bonds. The van der Waals surface area contributed by atoms with Gasteiger partial charge in [0.2, 0.25) is 5.91 Å². The van der Waals surface area contributed by atoms with Crippen LogP contribution in [0.3, 0.4) is 0 Å². The summed E-state index contributed by atoms with van der Waals surface area (Å²) in [7, 11) is 5.48. The van der Waals surface area contributed by atoms with Crippen molar-refractivity contribution in [1.82, 2.24) is 25.4 Å². The Kier molecular flexibility index (Phi) is 9.65. The van der Waals surface area contributed by atoms with Gasteiger partial charge in [-0.3, -0.25) is 9.59 Å². The maximum Gasteiger partial charge on any atom is 0.318 e. The summed E-state index contributed by atoms with van der Waals surface area (Å²) in [6, 6.07) is 22.6. The zero-order valence-electron chi connectivity index (χ0n) is 25.9. The molecule has 2 atom stereocenters. The second kappa shape index (κ2) is 13.8. The highest BCUT2D eigenvalue weighted by Crippen LogP contribution is 2.31. The molecule has 0 saturated carbocycles. The molecule has 1 aromatic heterocycles. The standard InChI is InChI=1S/C35H42N6O3/c1-23(29-21-37-30-13-9-8-12-27(29)30)32(39-35(44)41-18-16-26(17-19-41)25-10-6-5-7-11-25)34(43)38-31-20-24(22-40(3)4)14-15-28(31)33(42)36-2/h5-15,20-21,23,26,32,37H,16-19,22H2,1-4H3,(H,36,42)(H,38,43)(H,39,44). The summed E-state index contributed by atoms with van der Waals surface area (Å²) in [6.45, 7) is 3.80. The average Bonchev–Trinajstić information content (AvgIpc) is 3.47. The van der Waals surface area contributed by atoms with Crippen LogP contribution in [0, 0.1) is 0 Å². The molecule has 2 heterocycles. The van der Waals surface area contributed by atoms with E-state index in [9.17, 15) is 14.4 Å². The number of amides is 4. The van der Waals surface area contributed by atoms with Crippen LogP contribution in [0.15, 0.2) is 79.0 Å². The van der Waals surface area contributed by atoms with Crippen LogP contribution in [-0.4, -0.2) is 72.9 Å². The highest BCUT2D eigenvalue weighted by atomic mass is 16.2. The van der Waals surface area contributed by atoms with Gasteiger partial charge in [0.15, 0.2) is 0 Å². The topological polar surface area (TPSA) is 110 Å². The van der Waals surface area contributed by atoms with Crippen molar-refractivity contribution in [2.75, 3.05) is 39.5 Å². The molecule has 4 aromatic rings. The van der Waals surface area contributed by atoms with Gasteiger partial charge in [-0.1, -0.05) is 61.5 Å². The number of nitrogens with one attached hydrogen (secondary N) is 4. The molecule has 0 spiro atoms. The van der Waals surface area contributed by atoms with Crippen LogP contribution in [0.4, 0.5) is 10.5 Å². The highest BCUT2D eigenvalue weighted by Gasteiger charge is 2.33. The number of aromatic nitrogens is 1. The van der Waals surface area contributed by atoms with Crippen LogP contribution in [0.2, 0.25) is 0 Å². The van der Waals surface area contributed by atoms with Crippen molar-refractivity contribution in [3.05, 3.63) is 101 Å². The molecule has 5 rings (SSSR count). The number of urea groups is 1. The second-order valence-corrected chi connectivity index (χ2v) is 11.9. The molecule has 9 heteroatoms. The Labute approximate surface area is 259 Å². The van der Waals surface area contributed by atoms with Crippen molar-refractivity contribution in [3.63, 3.8) is 0 Å². The van der Waals surface area contributed by atoms with Gasteiger partial charge < -0.3 is 30.7 Å². The molecule has 1 saturated heterocycles. The minimum absolute atomic E-state index is 0.267. The molecule has 44 heavy (non-hydrogen) atoms. The Bertz CT molecular complexity index is 1610. The lowest BCUT2D eigenvalue weighted by Crippen LogP contribution is -2.53. The summed E-state index contributed by atoms with van der Waals surface area (Å²) >= 11 is 0. The predicted octanol–water partition coefficient (Wildman–Crippen LogP) is 5.29. The van der Waals surface area contributed by atoms with Gasteiger partial charge in [-0.2, -0.15) is 0 Å². The largest absolute Gasteiger partial charge is 0.361 e. The van der Waals surface area contributed by atoms with Crippen LogP contribution in [-0.2, 0) is 11.3 Å². The molecular formula is C35H42N6O3. The van der Waals surface area contributed by atoms with E-state index in [1.54, 1.807) is 18.0 Å². The van der Waals surface area contributed by atoms with Gasteiger partial charge in [-0.25, -0.2) is 4.79 Å². The number of hydrogen-bond acceptors (Lipinski definition) is 4. The molecule has 1 aliphatic heterocycles. The molecule has 0 bridgehead atoms. The Morgan fingerprint density at radius 3 is 2.39 bits per heavy atom. The Hall–Kier alpha value is -4.63. The normalized spacial score (nSPS) is 15.2. The second-order valence-electron chi connectivity index (χ2n) is 11.9. The minimum Gasteiger partial charge on any atom is -0.361 e. The van der Waals surface area contributed by atoms with Crippen molar-refractivity contribution < 1.29 is 14.4 Å². The van der Waals surface area contributed by atoms with E-state index >= 15 is 0 Å². The third-order valence-electron chi connectivity index (χ3n) is 8.54. The number of benzene rings is 3. The summed E-state index contributed by atoms with van der Waals surface area (Å²) < 4.78 is 0. The molecular weight excluding hydrogens is 552 g/mol.